The van der Waals surface area contributed by atoms with Gasteiger partial charge in [-0.15, -0.1) is 10.2 Å². The maximum Gasteiger partial charge on any atom is 0.277 e. The van der Waals surface area contributed by atoms with Gasteiger partial charge in [-0.25, -0.2) is 0 Å². The van der Waals surface area contributed by atoms with Gasteiger partial charge in [0.2, 0.25) is 5.89 Å². The predicted molar refractivity (Wildman–Crippen MR) is 97.3 cm³/mol. The van der Waals surface area contributed by atoms with Crippen molar-refractivity contribution < 1.29 is 13.9 Å². The molecule has 0 atom stereocenters. The summed E-state index contributed by atoms with van der Waals surface area (Å²) in [6.07, 6.45) is 0. The highest BCUT2D eigenvalue weighted by atomic mass is 32.2. The van der Waals surface area contributed by atoms with Crippen molar-refractivity contribution in [1.29, 1.82) is 0 Å². The zero-order valence-electron chi connectivity index (χ0n) is 14.3. The van der Waals surface area contributed by atoms with E-state index in [0.717, 1.165) is 28.0 Å². The Balaban J connectivity index is 1.67. The zero-order chi connectivity index (χ0) is 17.8. The first kappa shape index (κ1) is 17.2. The van der Waals surface area contributed by atoms with Gasteiger partial charge in [0.15, 0.2) is 5.78 Å². The van der Waals surface area contributed by atoms with Crippen LogP contribution in [0.3, 0.4) is 0 Å². The van der Waals surface area contributed by atoms with Crippen LogP contribution in [0.2, 0.25) is 0 Å². The molecular weight excluding hydrogens is 336 g/mol. The van der Waals surface area contributed by atoms with Crippen molar-refractivity contribution in [3.63, 3.8) is 0 Å². The fourth-order valence-corrected chi connectivity index (χ4v) is 3.01. The first-order valence-corrected chi connectivity index (χ1v) is 8.76. The molecule has 1 aromatic heterocycles. The smallest absolute Gasteiger partial charge is 0.277 e. The lowest BCUT2D eigenvalue weighted by Gasteiger charge is -2.04. The number of rotatable bonds is 6. The minimum atomic E-state index is 0.0513. The molecule has 0 aliphatic carbocycles. The van der Waals surface area contributed by atoms with Crippen LogP contribution in [0.1, 0.15) is 21.5 Å². The number of aromatic nitrogens is 2. The Morgan fingerprint density at radius 1 is 1.12 bits per heavy atom. The van der Waals surface area contributed by atoms with E-state index in [4.69, 9.17) is 9.15 Å². The first-order chi connectivity index (χ1) is 12.1. The monoisotopic (exact) mass is 354 g/mol. The number of aryl methyl sites for hydroxylation is 2. The van der Waals surface area contributed by atoms with Crippen LogP contribution >= 0.6 is 11.8 Å². The summed E-state index contributed by atoms with van der Waals surface area (Å²) in [7, 11) is 1.61. The standard InChI is InChI=1S/C19H18N2O3S/c1-12-4-5-13(2)16(10-12)17(22)11-25-19-21-20-18(24-19)14-6-8-15(23-3)9-7-14/h4-10H,11H2,1-3H3. The number of Topliss-reactive ketones (excluding diaryl/α,β-unsaturated/α-hetero) is 1. The molecule has 1 heterocycles. The Hall–Kier alpha value is -2.60. The van der Waals surface area contributed by atoms with Gasteiger partial charge >= 0.3 is 0 Å². The van der Waals surface area contributed by atoms with E-state index in [1.54, 1.807) is 7.11 Å². The fourth-order valence-electron chi connectivity index (χ4n) is 2.36. The van der Waals surface area contributed by atoms with Gasteiger partial charge in [0.1, 0.15) is 5.75 Å². The molecule has 0 N–H and O–H groups in total. The summed E-state index contributed by atoms with van der Waals surface area (Å²) in [6.45, 7) is 3.91. The molecule has 0 radical (unpaired) electrons. The quantitative estimate of drug-likeness (QED) is 0.485. The van der Waals surface area contributed by atoms with E-state index in [1.807, 2.05) is 56.3 Å². The molecule has 0 spiro atoms. The van der Waals surface area contributed by atoms with Crippen molar-refractivity contribution in [3.05, 3.63) is 59.2 Å². The van der Waals surface area contributed by atoms with Gasteiger partial charge in [0.05, 0.1) is 12.9 Å². The molecule has 0 fully saturated rings. The van der Waals surface area contributed by atoms with Crippen LogP contribution in [0, 0.1) is 13.8 Å². The average molecular weight is 354 g/mol. The van der Waals surface area contributed by atoms with Crippen LogP contribution in [-0.4, -0.2) is 28.8 Å². The highest BCUT2D eigenvalue weighted by Crippen LogP contribution is 2.25. The molecule has 0 aliphatic heterocycles. The maximum atomic E-state index is 12.4. The highest BCUT2D eigenvalue weighted by molar-refractivity contribution is 7.99. The summed E-state index contributed by atoms with van der Waals surface area (Å²) < 4.78 is 10.8. The van der Waals surface area contributed by atoms with Gasteiger partial charge in [-0.3, -0.25) is 4.79 Å². The molecule has 2 aromatic carbocycles. The molecule has 128 valence electrons. The molecule has 3 rings (SSSR count). The Morgan fingerprint density at radius 3 is 2.60 bits per heavy atom. The third-order valence-electron chi connectivity index (χ3n) is 3.76. The largest absolute Gasteiger partial charge is 0.497 e. The number of hydrogen-bond acceptors (Lipinski definition) is 6. The van der Waals surface area contributed by atoms with Gasteiger partial charge in [-0.05, 0) is 49.7 Å². The Morgan fingerprint density at radius 2 is 1.88 bits per heavy atom. The molecule has 0 amide bonds. The van der Waals surface area contributed by atoms with Gasteiger partial charge < -0.3 is 9.15 Å². The van der Waals surface area contributed by atoms with E-state index >= 15 is 0 Å². The van der Waals surface area contributed by atoms with Crippen molar-refractivity contribution in [2.45, 2.75) is 19.1 Å². The summed E-state index contributed by atoms with van der Waals surface area (Å²) in [5.74, 6) is 1.49. The lowest BCUT2D eigenvalue weighted by Crippen LogP contribution is -2.05. The molecule has 0 bridgehead atoms. The molecule has 25 heavy (non-hydrogen) atoms. The van der Waals surface area contributed by atoms with Crippen molar-refractivity contribution in [3.8, 4) is 17.2 Å². The number of thioether (sulfide) groups is 1. The molecule has 5 nitrogen and oxygen atoms in total. The predicted octanol–water partition coefficient (Wildman–Crippen LogP) is 4.34. The number of nitrogens with zero attached hydrogens (tertiary/aromatic N) is 2. The van der Waals surface area contributed by atoms with E-state index in [9.17, 15) is 4.79 Å². The average Bonchev–Trinajstić information content (AvgIpc) is 3.11. The Labute approximate surface area is 150 Å². The van der Waals surface area contributed by atoms with Gasteiger partial charge in [0.25, 0.3) is 5.22 Å². The second kappa shape index (κ2) is 7.53. The number of ketones is 1. The van der Waals surface area contributed by atoms with Gasteiger partial charge in [-0.1, -0.05) is 29.5 Å². The van der Waals surface area contributed by atoms with Crippen LogP contribution in [0.4, 0.5) is 0 Å². The Bertz CT molecular complexity index is 888. The minimum Gasteiger partial charge on any atom is -0.497 e. The van der Waals surface area contributed by atoms with E-state index in [1.165, 1.54) is 11.8 Å². The maximum absolute atomic E-state index is 12.4. The van der Waals surface area contributed by atoms with E-state index in [0.29, 0.717) is 11.1 Å². The molecule has 6 heteroatoms. The van der Waals surface area contributed by atoms with Crippen molar-refractivity contribution in [2.75, 3.05) is 12.9 Å². The first-order valence-electron chi connectivity index (χ1n) is 7.78. The molecule has 3 aromatic rings. The van der Waals surface area contributed by atoms with Crippen molar-refractivity contribution >= 4 is 17.5 Å². The van der Waals surface area contributed by atoms with E-state index < -0.39 is 0 Å². The normalized spacial score (nSPS) is 10.7. The molecular formula is C19H18N2O3S. The summed E-state index contributed by atoms with van der Waals surface area (Å²) >= 11 is 1.25. The minimum absolute atomic E-state index is 0.0513. The number of benzene rings is 2. The lowest BCUT2D eigenvalue weighted by molar-refractivity contribution is 0.102. The number of methoxy groups -OCH3 is 1. The second-order valence-corrected chi connectivity index (χ2v) is 6.56. The molecule has 0 saturated carbocycles. The fraction of sp³-hybridized carbons (Fsp3) is 0.211. The number of carbonyl (C=O) groups is 1. The van der Waals surface area contributed by atoms with E-state index in [-0.39, 0.29) is 11.5 Å². The zero-order valence-corrected chi connectivity index (χ0v) is 15.1. The number of hydrogen-bond donors (Lipinski definition) is 0. The van der Waals surface area contributed by atoms with Crippen LogP contribution in [0.5, 0.6) is 5.75 Å². The second-order valence-electron chi connectivity index (χ2n) is 5.63. The third-order valence-corrected chi connectivity index (χ3v) is 4.58. The summed E-state index contributed by atoms with van der Waals surface area (Å²) in [5.41, 5.74) is 3.59. The molecule has 0 aliphatic rings. The van der Waals surface area contributed by atoms with Crippen molar-refractivity contribution in [1.82, 2.24) is 10.2 Å². The third kappa shape index (κ3) is 4.09. The van der Waals surface area contributed by atoms with Crippen LogP contribution in [0.15, 0.2) is 52.1 Å². The van der Waals surface area contributed by atoms with Gasteiger partial charge in [0, 0.05) is 11.1 Å². The highest BCUT2D eigenvalue weighted by Gasteiger charge is 2.14. The SMILES string of the molecule is COc1ccc(-c2nnc(SCC(=O)c3cc(C)ccc3C)o2)cc1. The Kier molecular flexibility index (Phi) is 5.19. The topological polar surface area (TPSA) is 65.2 Å². The summed E-state index contributed by atoms with van der Waals surface area (Å²) in [4.78, 5) is 12.4. The lowest BCUT2D eigenvalue weighted by atomic mass is 10.0. The van der Waals surface area contributed by atoms with E-state index in [2.05, 4.69) is 10.2 Å². The van der Waals surface area contributed by atoms with Crippen LogP contribution in [-0.2, 0) is 0 Å². The number of carbonyl (C=O) groups excluding carboxylic acids is 1. The number of ether oxygens (including phenoxy) is 1. The molecule has 0 saturated heterocycles. The molecule has 0 unspecified atom stereocenters. The van der Waals surface area contributed by atoms with Crippen LogP contribution in [0.25, 0.3) is 11.5 Å². The summed E-state index contributed by atoms with van der Waals surface area (Å²) in [6, 6.07) is 13.2. The van der Waals surface area contributed by atoms with Crippen molar-refractivity contribution in [2.24, 2.45) is 0 Å². The van der Waals surface area contributed by atoms with Crippen LogP contribution < -0.4 is 4.74 Å². The van der Waals surface area contributed by atoms with Gasteiger partial charge in [-0.2, -0.15) is 0 Å². The summed E-state index contributed by atoms with van der Waals surface area (Å²) in [5, 5.41) is 8.42.